The van der Waals surface area contributed by atoms with Crippen LogP contribution in [-0.2, 0) is 4.79 Å². The van der Waals surface area contributed by atoms with Crippen LogP contribution in [0.25, 0.3) is 0 Å². The third kappa shape index (κ3) is 5.91. The van der Waals surface area contributed by atoms with Crippen molar-refractivity contribution in [2.24, 2.45) is 5.92 Å². The molecule has 19 heavy (non-hydrogen) atoms. The summed E-state index contributed by atoms with van der Waals surface area (Å²) in [7, 11) is 0. The third-order valence-electron chi connectivity index (χ3n) is 3.76. The lowest BCUT2D eigenvalue weighted by molar-refractivity contribution is -0.145. The number of hydrogen-bond donors (Lipinski definition) is 2. The number of nitrogens with zero attached hydrogens (tertiary/aromatic N) is 1. The summed E-state index contributed by atoms with van der Waals surface area (Å²) in [5.41, 5.74) is -0.816. The second kappa shape index (κ2) is 7.25. The fourth-order valence-corrected chi connectivity index (χ4v) is 2.54. The predicted octanol–water partition coefficient (Wildman–Crippen LogP) is 2.34. The molecule has 0 aromatic rings. The fraction of sp³-hybridized carbons (Fsp3) is 0.933. The Kier molecular flexibility index (Phi) is 6.27. The zero-order valence-corrected chi connectivity index (χ0v) is 12.9. The lowest BCUT2D eigenvalue weighted by Crippen LogP contribution is -2.54. The predicted molar refractivity (Wildman–Crippen MR) is 78.4 cm³/mol. The molecular formula is C15H30N2O2. The first kappa shape index (κ1) is 16.4. The average Bonchev–Trinajstić information content (AvgIpc) is 3.09. The van der Waals surface area contributed by atoms with Crippen molar-refractivity contribution in [3.8, 4) is 0 Å². The van der Waals surface area contributed by atoms with Crippen LogP contribution in [0.2, 0.25) is 0 Å². The van der Waals surface area contributed by atoms with Crippen molar-refractivity contribution in [3.63, 3.8) is 0 Å². The molecule has 1 unspecified atom stereocenters. The van der Waals surface area contributed by atoms with E-state index in [0.29, 0.717) is 6.42 Å². The first-order valence-electron chi connectivity index (χ1n) is 7.61. The maximum atomic E-state index is 11.5. The molecule has 0 aromatic heterocycles. The average molecular weight is 270 g/mol. The number of carboxylic acid groups (broad SMARTS) is 1. The highest BCUT2D eigenvalue weighted by Crippen LogP contribution is 2.30. The van der Waals surface area contributed by atoms with Gasteiger partial charge >= 0.3 is 5.97 Å². The van der Waals surface area contributed by atoms with Gasteiger partial charge in [0.15, 0.2) is 0 Å². The lowest BCUT2D eigenvalue weighted by atomic mass is 9.96. The maximum absolute atomic E-state index is 11.5. The molecule has 112 valence electrons. The van der Waals surface area contributed by atoms with E-state index >= 15 is 0 Å². The molecule has 1 atom stereocenters. The Bertz CT molecular complexity index is 290. The summed E-state index contributed by atoms with van der Waals surface area (Å²) < 4.78 is 0. The molecule has 1 fully saturated rings. The van der Waals surface area contributed by atoms with Crippen LogP contribution in [0.5, 0.6) is 0 Å². The molecule has 1 aliphatic rings. The Labute approximate surface area is 117 Å². The highest BCUT2D eigenvalue weighted by Gasteiger charge is 2.34. The summed E-state index contributed by atoms with van der Waals surface area (Å²) >= 11 is 0. The summed E-state index contributed by atoms with van der Waals surface area (Å²) in [6, 6.07) is 0.184. The molecule has 4 nitrogen and oxygen atoms in total. The van der Waals surface area contributed by atoms with Gasteiger partial charge in [0.2, 0.25) is 0 Å². The molecule has 1 rings (SSSR count). The number of carbonyl (C=O) groups is 1. The molecular weight excluding hydrogens is 240 g/mol. The number of carboxylic acids is 1. The minimum Gasteiger partial charge on any atom is -0.480 e. The lowest BCUT2D eigenvalue weighted by Gasteiger charge is -2.31. The van der Waals surface area contributed by atoms with E-state index < -0.39 is 11.5 Å². The van der Waals surface area contributed by atoms with Gasteiger partial charge in [0.05, 0.1) is 0 Å². The van der Waals surface area contributed by atoms with Gasteiger partial charge in [0.1, 0.15) is 5.54 Å². The molecule has 0 aromatic carbocycles. The van der Waals surface area contributed by atoms with Crippen molar-refractivity contribution in [1.82, 2.24) is 10.2 Å². The number of aliphatic carboxylic acids is 1. The molecule has 1 aliphatic carbocycles. The van der Waals surface area contributed by atoms with E-state index in [0.717, 1.165) is 32.0 Å². The monoisotopic (exact) mass is 270 g/mol. The molecule has 1 saturated carbocycles. The number of hydrogen-bond acceptors (Lipinski definition) is 3. The summed E-state index contributed by atoms with van der Waals surface area (Å²) in [5.74, 6) is 0.116. The summed E-state index contributed by atoms with van der Waals surface area (Å²) in [6.45, 7) is 11.1. The van der Waals surface area contributed by atoms with Crippen molar-refractivity contribution in [3.05, 3.63) is 0 Å². The van der Waals surface area contributed by atoms with E-state index in [2.05, 4.69) is 17.1 Å². The van der Waals surface area contributed by atoms with Crippen molar-refractivity contribution in [2.75, 3.05) is 19.6 Å². The minimum atomic E-state index is -0.816. The van der Waals surface area contributed by atoms with Gasteiger partial charge in [0, 0.05) is 19.1 Å². The van der Waals surface area contributed by atoms with Crippen LogP contribution in [0.4, 0.5) is 0 Å². The van der Waals surface area contributed by atoms with Crippen molar-refractivity contribution in [2.45, 2.75) is 65.0 Å². The van der Waals surface area contributed by atoms with Crippen LogP contribution in [-0.4, -0.2) is 47.2 Å². The maximum Gasteiger partial charge on any atom is 0.323 e. The van der Waals surface area contributed by atoms with Crippen LogP contribution in [0.15, 0.2) is 0 Å². The fourth-order valence-electron chi connectivity index (χ4n) is 2.54. The molecule has 0 spiro atoms. The second-order valence-electron chi connectivity index (χ2n) is 6.43. The van der Waals surface area contributed by atoms with E-state index in [1.165, 1.54) is 12.8 Å². The van der Waals surface area contributed by atoms with Gasteiger partial charge in [-0.3, -0.25) is 10.1 Å². The van der Waals surface area contributed by atoms with Gasteiger partial charge in [-0.25, -0.2) is 0 Å². The Balaban J connectivity index is 2.49. The summed E-state index contributed by atoms with van der Waals surface area (Å²) in [5, 5.41) is 12.6. The highest BCUT2D eigenvalue weighted by atomic mass is 16.4. The van der Waals surface area contributed by atoms with Crippen LogP contribution in [0, 0.1) is 5.92 Å². The van der Waals surface area contributed by atoms with Crippen LogP contribution < -0.4 is 5.32 Å². The molecule has 0 amide bonds. The van der Waals surface area contributed by atoms with Crippen LogP contribution in [0.3, 0.4) is 0 Å². The largest absolute Gasteiger partial charge is 0.480 e. The Morgan fingerprint density at radius 3 is 2.47 bits per heavy atom. The quantitative estimate of drug-likeness (QED) is 0.640. The van der Waals surface area contributed by atoms with Gasteiger partial charge in [-0.1, -0.05) is 6.92 Å². The molecule has 0 aliphatic heterocycles. The second-order valence-corrected chi connectivity index (χ2v) is 6.43. The summed E-state index contributed by atoms with van der Waals surface area (Å²) in [6.07, 6.45) is 4.49. The van der Waals surface area contributed by atoms with Gasteiger partial charge in [-0.15, -0.1) is 0 Å². The summed E-state index contributed by atoms with van der Waals surface area (Å²) in [4.78, 5) is 13.9. The molecule has 0 bridgehead atoms. The SMILES string of the molecule is CCCN(CCC(C)(NC(C)C)C(=O)O)CC1CC1. The standard InChI is InChI=1S/C15H30N2O2/c1-5-9-17(11-13-6-7-13)10-8-15(4,14(18)19)16-12(2)3/h12-13,16H,5-11H2,1-4H3,(H,18,19). The zero-order chi connectivity index (χ0) is 14.5. The Hall–Kier alpha value is -0.610. The van der Waals surface area contributed by atoms with Crippen molar-refractivity contribution in [1.29, 1.82) is 0 Å². The van der Waals surface area contributed by atoms with E-state index in [4.69, 9.17) is 0 Å². The minimum absolute atomic E-state index is 0.184. The zero-order valence-electron chi connectivity index (χ0n) is 12.9. The molecule has 4 heteroatoms. The Morgan fingerprint density at radius 1 is 1.42 bits per heavy atom. The van der Waals surface area contributed by atoms with E-state index in [9.17, 15) is 9.90 Å². The van der Waals surface area contributed by atoms with Gasteiger partial charge in [-0.2, -0.15) is 0 Å². The topological polar surface area (TPSA) is 52.6 Å². The van der Waals surface area contributed by atoms with Crippen LogP contribution in [0.1, 0.15) is 53.4 Å². The smallest absolute Gasteiger partial charge is 0.323 e. The van der Waals surface area contributed by atoms with Crippen LogP contribution >= 0.6 is 0 Å². The van der Waals surface area contributed by atoms with Gasteiger partial charge in [0.25, 0.3) is 0 Å². The normalized spacial score (nSPS) is 18.8. The number of rotatable bonds is 10. The van der Waals surface area contributed by atoms with E-state index in [1.54, 1.807) is 6.92 Å². The van der Waals surface area contributed by atoms with E-state index in [-0.39, 0.29) is 6.04 Å². The first-order chi connectivity index (χ1) is 8.87. The van der Waals surface area contributed by atoms with Crippen molar-refractivity contribution >= 4 is 5.97 Å². The molecule has 0 radical (unpaired) electrons. The Morgan fingerprint density at radius 2 is 2.05 bits per heavy atom. The molecule has 0 heterocycles. The van der Waals surface area contributed by atoms with Gasteiger partial charge in [-0.05, 0) is 58.9 Å². The number of nitrogens with one attached hydrogen (secondary N) is 1. The first-order valence-corrected chi connectivity index (χ1v) is 7.61. The molecule has 0 saturated heterocycles. The van der Waals surface area contributed by atoms with Gasteiger partial charge < -0.3 is 10.0 Å². The van der Waals surface area contributed by atoms with Crippen molar-refractivity contribution < 1.29 is 9.90 Å². The van der Waals surface area contributed by atoms with E-state index in [1.807, 2.05) is 13.8 Å². The molecule has 2 N–H and O–H groups in total. The third-order valence-corrected chi connectivity index (χ3v) is 3.76. The highest BCUT2D eigenvalue weighted by molar-refractivity contribution is 5.78.